The third kappa shape index (κ3) is 5.39. The molecule has 122 valence electrons. The van der Waals surface area contributed by atoms with Gasteiger partial charge in [0.2, 0.25) is 5.91 Å². The summed E-state index contributed by atoms with van der Waals surface area (Å²) in [7, 11) is 0. The largest absolute Gasteiger partial charge is 0.489 e. The van der Waals surface area contributed by atoms with Crippen LogP contribution in [0.1, 0.15) is 57.3 Å². The minimum Gasteiger partial charge on any atom is -0.489 e. The van der Waals surface area contributed by atoms with Crippen LogP contribution in [0.4, 0.5) is 5.69 Å². The zero-order valence-corrected chi connectivity index (χ0v) is 13.7. The summed E-state index contributed by atoms with van der Waals surface area (Å²) in [5.41, 5.74) is 0.523. The third-order valence-corrected chi connectivity index (χ3v) is 3.29. The first-order chi connectivity index (χ1) is 10.3. The lowest BCUT2D eigenvalue weighted by atomic mass is 10.0. The number of carboxylic acid groups (broad SMARTS) is 1. The molecule has 0 bridgehead atoms. The zero-order valence-electron chi connectivity index (χ0n) is 13.7. The van der Waals surface area contributed by atoms with E-state index >= 15 is 0 Å². The van der Waals surface area contributed by atoms with Crippen molar-refractivity contribution in [2.45, 2.75) is 53.1 Å². The first-order valence-electron chi connectivity index (χ1n) is 7.70. The summed E-state index contributed by atoms with van der Waals surface area (Å²) in [6, 6.07) is 4.48. The van der Waals surface area contributed by atoms with Gasteiger partial charge in [-0.15, -0.1) is 0 Å². The number of anilines is 1. The number of hydrogen-bond donors (Lipinski definition) is 2. The van der Waals surface area contributed by atoms with Gasteiger partial charge in [-0.1, -0.05) is 26.7 Å². The molecule has 0 saturated heterocycles. The normalized spacial score (nSPS) is 12.0. The molecule has 0 aliphatic heterocycles. The number of hydrogen-bond acceptors (Lipinski definition) is 3. The van der Waals surface area contributed by atoms with Gasteiger partial charge < -0.3 is 15.2 Å². The summed E-state index contributed by atoms with van der Waals surface area (Å²) in [6.07, 6.45) is 2.76. The highest BCUT2D eigenvalue weighted by molar-refractivity contribution is 5.96. The second-order valence-corrected chi connectivity index (χ2v) is 5.72. The van der Waals surface area contributed by atoms with Gasteiger partial charge >= 0.3 is 5.97 Å². The summed E-state index contributed by atoms with van der Waals surface area (Å²) in [5, 5.41) is 11.9. The molecular formula is C17H25NO4. The Bertz CT molecular complexity index is 525. The number of nitrogens with one attached hydrogen (secondary N) is 1. The van der Waals surface area contributed by atoms with Crippen LogP contribution in [0.5, 0.6) is 5.75 Å². The molecule has 5 nitrogen and oxygen atoms in total. The van der Waals surface area contributed by atoms with Gasteiger partial charge in [-0.25, -0.2) is 4.79 Å². The predicted octanol–water partition coefficient (Wildman–Crippen LogP) is 3.94. The standard InChI is InChI=1S/C17H25NO4/c1-5-6-7-12(4)16(19)18-14-10-13(17(20)21)8-9-15(14)22-11(2)3/h8-12H,5-7H2,1-4H3,(H,18,19)(H,20,21). The van der Waals surface area contributed by atoms with Gasteiger partial charge in [0, 0.05) is 5.92 Å². The molecular weight excluding hydrogens is 282 g/mol. The molecule has 0 aromatic heterocycles. The van der Waals surface area contributed by atoms with Crippen molar-refractivity contribution in [2.75, 3.05) is 5.32 Å². The van der Waals surface area contributed by atoms with Crippen LogP contribution in [0, 0.1) is 5.92 Å². The van der Waals surface area contributed by atoms with E-state index in [1.165, 1.54) is 12.1 Å². The van der Waals surface area contributed by atoms with E-state index in [2.05, 4.69) is 12.2 Å². The van der Waals surface area contributed by atoms with E-state index in [1.54, 1.807) is 6.07 Å². The molecule has 0 radical (unpaired) electrons. The van der Waals surface area contributed by atoms with Gasteiger partial charge in [0.25, 0.3) is 0 Å². The van der Waals surface area contributed by atoms with Crippen molar-refractivity contribution in [1.82, 2.24) is 0 Å². The Balaban J connectivity index is 2.95. The van der Waals surface area contributed by atoms with Crippen molar-refractivity contribution in [2.24, 2.45) is 5.92 Å². The monoisotopic (exact) mass is 307 g/mol. The number of carbonyl (C=O) groups excluding carboxylic acids is 1. The van der Waals surface area contributed by atoms with Crippen LogP contribution in [0.2, 0.25) is 0 Å². The van der Waals surface area contributed by atoms with Crippen LogP contribution in [-0.4, -0.2) is 23.1 Å². The Morgan fingerprint density at radius 3 is 2.50 bits per heavy atom. The molecule has 1 unspecified atom stereocenters. The van der Waals surface area contributed by atoms with Crippen LogP contribution in [-0.2, 0) is 4.79 Å². The molecule has 1 atom stereocenters. The molecule has 0 aliphatic rings. The van der Waals surface area contributed by atoms with Gasteiger partial charge in [0.1, 0.15) is 5.75 Å². The fraction of sp³-hybridized carbons (Fsp3) is 0.529. The molecule has 1 amide bonds. The zero-order chi connectivity index (χ0) is 16.7. The fourth-order valence-electron chi connectivity index (χ4n) is 2.01. The van der Waals surface area contributed by atoms with E-state index in [4.69, 9.17) is 9.84 Å². The van der Waals surface area contributed by atoms with Gasteiger partial charge in [0.05, 0.1) is 17.4 Å². The second-order valence-electron chi connectivity index (χ2n) is 5.72. The maximum Gasteiger partial charge on any atom is 0.335 e. The number of carboxylic acids is 1. The van der Waals surface area contributed by atoms with Crippen molar-refractivity contribution >= 4 is 17.6 Å². The summed E-state index contributed by atoms with van der Waals surface area (Å²) < 4.78 is 5.63. The molecule has 22 heavy (non-hydrogen) atoms. The number of ether oxygens (including phenoxy) is 1. The van der Waals surface area contributed by atoms with E-state index in [9.17, 15) is 9.59 Å². The fourth-order valence-corrected chi connectivity index (χ4v) is 2.01. The molecule has 0 fully saturated rings. The number of rotatable bonds is 8. The summed E-state index contributed by atoms with van der Waals surface area (Å²) in [4.78, 5) is 23.3. The summed E-state index contributed by atoms with van der Waals surface area (Å²) >= 11 is 0. The minimum atomic E-state index is -1.04. The maximum absolute atomic E-state index is 12.2. The lowest BCUT2D eigenvalue weighted by molar-refractivity contribution is -0.119. The summed E-state index contributed by atoms with van der Waals surface area (Å²) in [5.74, 6) is -0.799. The first-order valence-corrected chi connectivity index (χ1v) is 7.70. The Labute approximate surface area is 131 Å². The van der Waals surface area contributed by atoms with Crippen molar-refractivity contribution in [1.29, 1.82) is 0 Å². The number of aromatic carboxylic acids is 1. The lowest BCUT2D eigenvalue weighted by Crippen LogP contribution is -2.21. The highest BCUT2D eigenvalue weighted by Crippen LogP contribution is 2.28. The third-order valence-electron chi connectivity index (χ3n) is 3.29. The molecule has 0 heterocycles. The average molecular weight is 307 g/mol. The quantitative estimate of drug-likeness (QED) is 0.763. The van der Waals surface area contributed by atoms with Gasteiger partial charge in [-0.2, -0.15) is 0 Å². The topological polar surface area (TPSA) is 75.6 Å². The molecule has 1 aromatic carbocycles. The van der Waals surface area contributed by atoms with E-state index in [1.807, 2.05) is 20.8 Å². The highest BCUT2D eigenvalue weighted by Gasteiger charge is 2.17. The van der Waals surface area contributed by atoms with Crippen LogP contribution in [0.3, 0.4) is 0 Å². The predicted molar refractivity (Wildman–Crippen MR) is 86.5 cm³/mol. The Morgan fingerprint density at radius 2 is 1.95 bits per heavy atom. The Kier molecular flexibility index (Phi) is 6.89. The second kappa shape index (κ2) is 8.41. The van der Waals surface area contributed by atoms with E-state index in [-0.39, 0.29) is 23.5 Å². The molecule has 0 saturated carbocycles. The number of carbonyl (C=O) groups is 2. The molecule has 0 spiro atoms. The smallest absolute Gasteiger partial charge is 0.335 e. The van der Waals surface area contributed by atoms with Crippen LogP contribution >= 0.6 is 0 Å². The van der Waals surface area contributed by atoms with Gasteiger partial charge in [0.15, 0.2) is 0 Å². The van der Waals surface area contributed by atoms with Crippen molar-refractivity contribution < 1.29 is 19.4 Å². The van der Waals surface area contributed by atoms with E-state index < -0.39 is 5.97 Å². The Morgan fingerprint density at radius 1 is 1.27 bits per heavy atom. The number of unbranched alkanes of at least 4 members (excludes halogenated alkanes) is 1. The highest BCUT2D eigenvalue weighted by atomic mass is 16.5. The van der Waals surface area contributed by atoms with E-state index in [0.29, 0.717) is 11.4 Å². The lowest BCUT2D eigenvalue weighted by Gasteiger charge is -2.17. The molecule has 1 aromatic rings. The SMILES string of the molecule is CCCCC(C)C(=O)Nc1cc(C(=O)O)ccc1OC(C)C. The Hall–Kier alpha value is -2.04. The first kappa shape index (κ1) is 18.0. The maximum atomic E-state index is 12.2. The van der Waals surface area contributed by atoms with Crippen molar-refractivity contribution in [3.8, 4) is 5.75 Å². The van der Waals surface area contributed by atoms with Crippen molar-refractivity contribution in [3.05, 3.63) is 23.8 Å². The van der Waals surface area contributed by atoms with Crippen LogP contribution in [0.25, 0.3) is 0 Å². The molecule has 5 heteroatoms. The van der Waals surface area contributed by atoms with Crippen LogP contribution < -0.4 is 10.1 Å². The van der Waals surface area contributed by atoms with Gasteiger partial charge in [-0.05, 0) is 38.5 Å². The van der Waals surface area contributed by atoms with E-state index in [0.717, 1.165) is 19.3 Å². The summed E-state index contributed by atoms with van der Waals surface area (Å²) in [6.45, 7) is 7.70. The van der Waals surface area contributed by atoms with Crippen LogP contribution in [0.15, 0.2) is 18.2 Å². The van der Waals surface area contributed by atoms with Gasteiger partial charge in [-0.3, -0.25) is 4.79 Å². The minimum absolute atomic E-state index is 0.0659. The van der Waals surface area contributed by atoms with Crippen molar-refractivity contribution in [3.63, 3.8) is 0 Å². The average Bonchev–Trinajstić information content (AvgIpc) is 2.45. The molecule has 1 rings (SSSR count). The molecule has 0 aliphatic carbocycles. The molecule has 2 N–H and O–H groups in total. The number of benzene rings is 1. The number of amides is 1.